The summed E-state index contributed by atoms with van der Waals surface area (Å²) in [6.07, 6.45) is 0. The van der Waals surface area contributed by atoms with Crippen molar-refractivity contribution < 1.29 is 29.3 Å². The number of benzene rings is 1. The summed E-state index contributed by atoms with van der Waals surface area (Å²) in [6, 6.07) is 4.27. The van der Waals surface area contributed by atoms with E-state index >= 15 is 0 Å². The maximum Gasteiger partial charge on any atom is 0.414 e. The lowest BCUT2D eigenvalue weighted by molar-refractivity contribution is -0.159. The quantitative estimate of drug-likeness (QED) is 0.513. The number of hydrogen-bond acceptors (Lipinski definition) is 5. The van der Waals surface area contributed by atoms with Crippen LogP contribution in [0.1, 0.15) is 16.7 Å². The van der Waals surface area contributed by atoms with Crippen LogP contribution in [-0.2, 0) is 14.3 Å². The molecule has 0 heterocycles. The summed E-state index contributed by atoms with van der Waals surface area (Å²) in [5.74, 6) is -2.65. The van der Waals surface area contributed by atoms with E-state index < -0.39 is 11.9 Å². The van der Waals surface area contributed by atoms with Gasteiger partial charge in [-0.15, -0.1) is 0 Å². The van der Waals surface area contributed by atoms with Gasteiger partial charge in [0.2, 0.25) is 0 Å². The highest BCUT2D eigenvalue weighted by Gasteiger charge is 2.04. The van der Waals surface area contributed by atoms with Gasteiger partial charge >= 0.3 is 11.9 Å². The zero-order chi connectivity index (χ0) is 17.8. The fourth-order valence-electron chi connectivity index (χ4n) is 1.68. The lowest BCUT2D eigenvalue weighted by atomic mass is 10.1. The van der Waals surface area contributed by atoms with E-state index in [1.165, 1.54) is 16.7 Å². The van der Waals surface area contributed by atoms with E-state index in [0.29, 0.717) is 6.61 Å². The number of ether oxygens (including phenoxy) is 2. The number of nitrogens with one attached hydrogen (secondary N) is 1. The first-order valence-corrected chi connectivity index (χ1v) is 7.16. The summed E-state index contributed by atoms with van der Waals surface area (Å²) in [6.45, 7) is 9.45. The fraction of sp³-hybridized carbons (Fsp3) is 0.500. The van der Waals surface area contributed by atoms with Crippen LogP contribution in [0.5, 0.6) is 5.75 Å². The zero-order valence-electron chi connectivity index (χ0n) is 14.0. The van der Waals surface area contributed by atoms with E-state index in [1.54, 1.807) is 7.11 Å². The maximum absolute atomic E-state index is 9.10. The van der Waals surface area contributed by atoms with Crippen LogP contribution in [0.15, 0.2) is 12.1 Å². The Morgan fingerprint density at radius 1 is 1.04 bits per heavy atom. The third-order valence-electron chi connectivity index (χ3n) is 2.97. The second-order valence-electron chi connectivity index (χ2n) is 4.91. The van der Waals surface area contributed by atoms with Crippen molar-refractivity contribution >= 4 is 11.9 Å². The van der Waals surface area contributed by atoms with E-state index in [9.17, 15) is 0 Å². The van der Waals surface area contributed by atoms with Crippen molar-refractivity contribution in [1.82, 2.24) is 5.32 Å². The van der Waals surface area contributed by atoms with Gasteiger partial charge in [-0.05, 0) is 43.5 Å². The van der Waals surface area contributed by atoms with E-state index in [1.807, 2.05) is 0 Å². The van der Waals surface area contributed by atoms with E-state index in [2.05, 4.69) is 38.2 Å². The minimum absolute atomic E-state index is 0.688. The number of methoxy groups -OCH3 is 1. The summed E-state index contributed by atoms with van der Waals surface area (Å²) in [4.78, 5) is 18.2. The molecule has 130 valence electrons. The number of rotatable bonds is 7. The minimum Gasteiger partial charge on any atom is -0.492 e. The Bertz CT molecular complexity index is 504. The van der Waals surface area contributed by atoms with Gasteiger partial charge in [0.15, 0.2) is 0 Å². The number of carbonyl (C=O) groups is 2. The Hall–Kier alpha value is -2.12. The highest BCUT2D eigenvalue weighted by atomic mass is 16.5. The fourth-order valence-corrected chi connectivity index (χ4v) is 1.68. The predicted molar refractivity (Wildman–Crippen MR) is 86.2 cm³/mol. The number of aliphatic carboxylic acids is 2. The van der Waals surface area contributed by atoms with Gasteiger partial charge in [0.25, 0.3) is 0 Å². The van der Waals surface area contributed by atoms with Crippen molar-refractivity contribution in [3.63, 3.8) is 0 Å². The molecule has 1 aromatic carbocycles. The highest BCUT2D eigenvalue weighted by molar-refractivity contribution is 6.27. The first kappa shape index (κ1) is 20.9. The van der Waals surface area contributed by atoms with Crippen molar-refractivity contribution in [3.05, 3.63) is 28.8 Å². The lowest BCUT2D eigenvalue weighted by Gasteiger charge is -2.12. The van der Waals surface area contributed by atoms with Gasteiger partial charge in [0.1, 0.15) is 12.4 Å². The third kappa shape index (κ3) is 9.49. The van der Waals surface area contributed by atoms with Crippen LogP contribution in [0.3, 0.4) is 0 Å². The molecule has 0 saturated carbocycles. The van der Waals surface area contributed by atoms with Crippen LogP contribution < -0.4 is 10.1 Å². The molecule has 23 heavy (non-hydrogen) atoms. The van der Waals surface area contributed by atoms with Crippen molar-refractivity contribution in [3.8, 4) is 5.75 Å². The molecule has 0 atom stereocenters. The monoisotopic (exact) mass is 327 g/mol. The molecular formula is C16H25NO6. The summed E-state index contributed by atoms with van der Waals surface area (Å²) in [5, 5.41) is 18.0. The van der Waals surface area contributed by atoms with Gasteiger partial charge in [-0.1, -0.05) is 6.07 Å². The lowest BCUT2D eigenvalue weighted by Crippen LogP contribution is -2.24. The second-order valence-corrected chi connectivity index (χ2v) is 4.91. The summed E-state index contributed by atoms with van der Waals surface area (Å²) >= 11 is 0. The van der Waals surface area contributed by atoms with E-state index in [0.717, 1.165) is 25.4 Å². The molecule has 7 nitrogen and oxygen atoms in total. The normalized spacial score (nSPS) is 9.74. The standard InChI is InChI=1S/C14H23NO2.C2H2O4/c1-11-9-12(2)13(3)14(10-11)17-8-6-15-5-7-16-4;3-1(4)2(5)6/h9-10,15H,5-8H2,1-4H3;(H,3,4)(H,5,6). The molecule has 1 rings (SSSR count). The molecule has 0 saturated heterocycles. The molecule has 0 aliphatic carbocycles. The summed E-state index contributed by atoms with van der Waals surface area (Å²) in [7, 11) is 1.71. The van der Waals surface area contributed by atoms with Crippen LogP contribution >= 0.6 is 0 Å². The summed E-state index contributed by atoms with van der Waals surface area (Å²) in [5.41, 5.74) is 3.76. The van der Waals surface area contributed by atoms with Gasteiger partial charge in [0.05, 0.1) is 6.61 Å². The minimum atomic E-state index is -1.82. The molecule has 0 aliphatic heterocycles. The Labute approximate surface area is 136 Å². The Balaban J connectivity index is 0.000000688. The zero-order valence-corrected chi connectivity index (χ0v) is 14.0. The first-order valence-electron chi connectivity index (χ1n) is 7.16. The van der Waals surface area contributed by atoms with Gasteiger partial charge in [-0.3, -0.25) is 0 Å². The molecule has 0 unspecified atom stereocenters. The van der Waals surface area contributed by atoms with Crippen LogP contribution in [0.4, 0.5) is 0 Å². The molecule has 0 aliphatic rings. The van der Waals surface area contributed by atoms with Gasteiger partial charge in [-0.25, -0.2) is 9.59 Å². The van der Waals surface area contributed by atoms with Crippen molar-refractivity contribution in [2.24, 2.45) is 0 Å². The first-order chi connectivity index (χ1) is 10.8. The Kier molecular flexibility index (Phi) is 10.4. The Morgan fingerprint density at radius 2 is 1.61 bits per heavy atom. The summed E-state index contributed by atoms with van der Waals surface area (Å²) < 4.78 is 10.7. The second kappa shape index (κ2) is 11.4. The maximum atomic E-state index is 9.10. The number of carboxylic acids is 2. The molecule has 0 fully saturated rings. The number of carboxylic acid groups (broad SMARTS) is 2. The number of aryl methyl sites for hydroxylation is 2. The van der Waals surface area contributed by atoms with Crippen molar-refractivity contribution in [2.45, 2.75) is 20.8 Å². The van der Waals surface area contributed by atoms with Gasteiger partial charge in [-0.2, -0.15) is 0 Å². The van der Waals surface area contributed by atoms with E-state index in [-0.39, 0.29) is 0 Å². The topological polar surface area (TPSA) is 105 Å². The highest BCUT2D eigenvalue weighted by Crippen LogP contribution is 2.22. The van der Waals surface area contributed by atoms with E-state index in [4.69, 9.17) is 29.3 Å². The van der Waals surface area contributed by atoms with Gasteiger partial charge in [0, 0.05) is 20.2 Å². The Morgan fingerprint density at radius 3 is 2.13 bits per heavy atom. The molecule has 0 radical (unpaired) electrons. The smallest absolute Gasteiger partial charge is 0.414 e. The van der Waals surface area contributed by atoms with Crippen LogP contribution in [0.2, 0.25) is 0 Å². The van der Waals surface area contributed by atoms with Crippen LogP contribution in [0, 0.1) is 20.8 Å². The van der Waals surface area contributed by atoms with Crippen LogP contribution in [0.25, 0.3) is 0 Å². The van der Waals surface area contributed by atoms with Crippen molar-refractivity contribution in [2.75, 3.05) is 33.4 Å². The molecule has 0 bridgehead atoms. The molecule has 0 spiro atoms. The third-order valence-corrected chi connectivity index (χ3v) is 2.97. The average Bonchev–Trinajstić information content (AvgIpc) is 2.48. The largest absolute Gasteiger partial charge is 0.492 e. The average molecular weight is 327 g/mol. The molecule has 0 aromatic heterocycles. The molecular weight excluding hydrogens is 302 g/mol. The molecule has 7 heteroatoms. The predicted octanol–water partition coefficient (Wildman–Crippen LogP) is 1.38. The SMILES string of the molecule is COCCNCCOc1cc(C)cc(C)c1C.O=C(O)C(=O)O. The van der Waals surface area contributed by atoms with Crippen LogP contribution in [-0.4, -0.2) is 55.6 Å². The molecule has 0 amide bonds. The molecule has 3 N–H and O–H groups in total. The number of hydrogen-bond donors (Lipinski definition) is 3. The van der Waals surface area contributed by atoms with Crippen molar-refractivity contribution in [1.29, 1.82) is 0 Å². The molecule has 1 aromatic rings. The van der Waals surface area contributed by atoms with Gasteiger partial charge < -0.3 is 25.0 Å².